The summed E-state index contributed by atoms with van der Waals surface area (Å²) in [5.41, 5.74) is 4.82. The molecule has 1 aliphatic rings. The van der Waals surface area contributed by atoms with Crippen molar-refractivity contribution in [3.63, 3.8) is 0 Å². The topological polar surface area (TPSA) is 26.0 Å². The summed E-state index contributed by atoms with van der Waals surface area (Å²) in [5, 5.41) is 0.338. The maximum atomic E-state index is 14.5. The molecule has 1 fully saturated rings. The monoisotopic (exact) mass is 259 g/mol. The average Bonchev–Trinajstić information content (AvgIpc) is 2.27. The Morgan fingerprint density at radius 1 is 1.35 bits per heavy atom. The van der Waals surface area contributed by atoms with E-state index in [2.05, 4.69) is 0 Å². The summed E-state index contributed by atoms with van der Waals surface area (Å²) in [6, 6.07) is 4.48. The molecule has 17 heavy (non-hydrogen) atoms. The third-order valence-corrected chi connectivity index (χ3v) is 3.68. The third kappa shape index (κ3) is 3.17. The van der Waals surface area contributed by atoms with Gasteiger partial charge in [0.05, 0.1) is 0 Å². The Bertz CT molecular complexity index is 400. The number of hydrogen-bond donors (Lipinski definition) is 1. The zero-order chi connectivity index (χ0) is 12.5. The molecule has 0 atom stereocenters. The van der Waals surface area contributed by atoms with Gasteiger partial charge in [-0.1, -0.05) is 17.7 Å². The fraction of sp³-hybridized carbons (Fsp3) is 0.538. The molecule has 1 aromatic carbocycles. The van der Waals surface area contributed by atoms with E-state index in [0.29, 0.717) is 36.3 Å². The lowest BCUT2D eigenvalue weighted by molar-refractivity contribution is 0.0984. The molecular weight excluding hydrogens is 244 g/mol. The maximum Gasteiger partial charge on any atom is 0.127 e. The number of nitrogens with two attached hydrogens (primary N) is 1. The van der Waals surface area contributed by atoms with Gasteiger partial charge in [0.25, 0.3) is 0 Å². The van der Waals surface area contributed by atoms with Crippen LogP contribution < -0.4 is 5.73 Å². The minimum Gasteiger partial charge on any atom is -0.328 e. The molecule has 1 saturated carbocycles. The van der Waals surface area contributed by atoms with Gasteiger partial charge in [-0.05, 0) is 43.4 Å². The van der Waals surface area contributed by atoms with Gasteiger partial charge in [-0.2, -0.15) is 0 Å². The minimum absolute atomic E-state index is 0.0916. The van der Waals surface area contributed by atoms with E-state index in [0.717, 1.165) is 0 Å². The molecular formula is C13H16ClF2N. The highest BCUT2D eigenvalue weighted by molar-refractivity contribution is 6.30. The van der Waals surface area contributed by atoms with Crippen molar-refractivity contribution in [2.45, 2.75) is 43.8 Å². The summed E-state index contributed by atoms with van der Waals surface area (Å²) in [4.78, 5) is 0. The normalized spacial score (nSPS) is 29.3. The van der Waals surface area contributed by atoms with Gasteiger partial charge in [0.1, 0.15) is 11.5 Å². The summed E-state index contributed by atoms with van der Waals surface area (Å²) in [5.74, 6) is -0.426. The van der Waals surface area contributed by atoms with Gasteiger partial charge < -0.3 is 5.73 Å². The zero-order valence-electron chi connectivity index (χ0n) is 9.56. The predicted molar refractivity (Wildman–Crippen MR) is 65.4 cm³/mol. The van der Waals surface area contributed by atoms with Crippen molar-refractivity contribution in [2.24, 2.45) is 5.73 Å². The number of rotatable bonds is 2. The molecule has 94 valence electrons. The Kier molecular flexibility index (Phi) is 3.69. The standard InChI is InChI=1S/C13H16ClF2N/c14-10-2-1-9(12(15)7-10)8-13(16)5-3-11(17)4-6-13/h1-2,7,11H,3-6,8,17H2. The van der Waals surface area contributed by atoms with Crippen molar-refractivity contribution in [1.29, 1.82) is 0 Å². The molecule has 1 nitrogen and oxygen atoms in total. The Morgan fingerprint density at radius 3 is 2.59 bits per heavy atom. The molecule has 2 N–H and O–H groups in total. The number of alkyl halides is 1. The first-order chi connectivity index (χ1) is 7.98. The van der Waals surface area contributed by atoms with Crippen molar-refractivity contribution in [3.05, 3.63) is 34.6 Å². The molecule has 2 rings (SSSR count). The van der Waals surface area contributed by atoms with Crippen LogP contribution in [0.15, 0.2) is 18.2 Å². The second-order valence-corrected chi connectivity index (χ2v) is 5.34. The van der Waals surface area contributed by atoms with Crippen molar-refractivity contribution in [1.82, 2.24) is 0 Å². The Labute approximate surface area is 105 Å². The van der Waals surface area contributed by atoms with Gasteiger partial charge in [-0.15, -0.1) is 0 Å². The molecule has 0 bridgehead atoms. The third-order valence-electron chi connectivity index (χ3n) is 3.45. The average molecular weight is 260 g/mol. The van der Waals surface area contributed by atoms with Crippen molar-refractivity contribution >= 4 is 11.6 Å². The van der Waals surface area contributed by atoms with Gasteiger partial charge in [0.15, 0.2) is 0 Å². The second-order valence-electron chi connectivity index (χ2n) is 4.90. The highest BCUT2D eigenvalue weighted by Crippen LogP contribution is 2.35. The SMILES string of the molecule is NC1CCC(F)(Cc2ccc(Cl)cc2F)CC1. The lowest BCUT2D eigenvalue weighted by Crippen LogP contribution is -2.37. The predicted octanol–water partition coefficient (Wildman–Crippen LogP) is 3.63. The first kappa shape index (κ1) is 12.8. The summed E-state index contributed by atoms with van der Waals surface area (Å²) in [7, 11) is 0. The van der Waals surface area contributed by atoms with Gasteiger partial charge in [-0.3, -0.25) is 0 Å². The first-order valence-corrected chi connectivity index (χ1v) is 6.25. The number of benzene rings is 1. The Morgan fingerprint density at radius 2 is 2.00 bits per heavy atom. The van der Waals surface area contributed by atoms with E-state index in [1.165, 1.54) is 6.07 Å². The van der Waals surface area contributed by atoms with Crippen LogP contribution in [-0.2, 0) is 6.42 Å². The van der Waals surface area contributed by atoms with Crippen LogP contribution in [0.3, 0.4) is 0 Å². The van der Waals surface area contributed by atoms with E-state index in [4.69, 9.17) is 17.3 Å². The smallest absolute Gasteiger partial charge is 0.127 e. The fourth-order valence-electron chi connectivity index (χ4n) is 2.34. The zero-order valence-corrected chi connectivity index (χ0v) is 10.3. The molecule has 1 aliphatic carbocycles. The molecule has 0 aromatic heterocycles. The molecule has 0 saturated heterocycles. The van der Waals surface area contributed by atoms with Gasteiger partial charge in [0, 0.05) is 17.5 Å². The molecule has 0 unspecified atom stereocenters. The Hall–Kier alpha value is -0.670. The van der Waals surface area contributed by atoms with Crippen LogP contribution in [0.5, 0.6) is 0 Å². The van der Waals surface area contributed by atoms with Gasteiger partial charge in [0.2, 0.25) is 0 Å². The molecule has 4 heteroatoms. The lowest BCUT2D eigenvalue weighted by Gasteiger charge is -2.32. The molecule has 0 heterocycles. The first-order valence-electron chi connectivity index (χ1n) is 5.87. The highest BCUT2D eigenvalue weighted by atomic mass is 35.5. The van der Waals surface area contributed by atoms with Crippen LogP contribution in [0.1, 0.15) is 31.2 Å². The van der Waals surface area contributed by atoms with Crippen LogP contribution in [0.2, 0.25) is 5.02 Å². The van der Waals surface area contributed by atoms with Crippen molar-refractivity contribution < 1.29 is 8.78 Å². The van der Waals surface area contributed by atoms with E-state index in [1.54, 1.807) is 12.1 Å². The van der Waals surface area contributed by atoms with Gasteiger partial charge >= 0.3 is 0 Å². The second kappa shape index (κ2) is 4.91. The van der Waals surface area contributed by atoms with Crippen LogP contribution >= 0.6 is 11.6 Å². The lowest BCUT2D eigenvalue weighted by atomic mass is 9.80. The van der Waals surface area contributed by atoms with E-state index in [-0.39, 0.29) is 12.5 Å². The largest absolute Gasteiger partial charge is 0.328 e. The van der Waals surface area contributed by atoms with E-state index in [1.807, 2.05) is 0 Å². The highest BCUT2D eigenvalue weighted by Gasteiger charge is 2.35. The Balaban J connectivity index is 2.09. The quantitative estimate of drug-likeness (QED) is 0.862. The molecule has 1 aromatic rings. The number of hydrogen-bond acceptors (Lipinski definition) is 1. The fourth-order valence-corrected chi connectivity index (χ4v) is 2.50. The van der Waals surface area contributed by atoms with Crippen LogP contribution in [-0.4, -0.2) is 11.7 Å². The van der Waals surface area contributed by atoms with Gasteiger partial charge in [-0.25, -0.2) is 8.78 Å². The van der Waals surface area contributed by atoms with E-state index in [9.17, 15) is 8.78 Å². The molecule has 0 aliphatic heterocycles. The van der Waals surface area contributed by atoms with E-state index >= 15 is 0 Å². The minimum atomic E-state index is -1.31. The summed E-state index contributed by atoms with van der Waals surface area (Å²) < 4.78 is 28.0. The summed E-state index contributed by atoms with van der Waals surface area (Å²) in [6.07, 6.45) is 2.28. The van der Waals surface area contributed by atoms with Crippen molar-refractivity contribution in [2.75, 3.05) is 0 Å². The number of halogens is 3. The maximum absolute atomic E-state index is 14.5. The van der Waals surface area contributed by atoms with Crippen LogP contribution in [0, 0.1) is 5.82 Å². The molecule has 0 radical (unpaired) electrons. The van der Waals surface area contributed by atoms with Crippen molar-refractivity contribution in [3.8, 4) is 0 Å². The summed E-state index contributed by atoms with van der Waals surface area (Å²) in [6.45, 7) is 0. The molecule has 0 amide bonds. The summed E-state index contributed by atoms with van der Waals surface area (Å²) >= 11 is 5.66. The van der Waals surface area contributed by atoms with E-state index < -0.39 is 11.5 Å². The van der Waals surface area contributed by atoms with Crippen LogP contribution in [0.4, 0.5) is 8.78 Å². The van der Waals surface area contributed by atoms with Crippen LogP contribution in [0.25, 0.3) is 0 Å². The molecule has 0 spiro atoms.